The number of thioether (sulfide) groups is 1. The van der Waals surface area contributed by atoms with E-state index in [0.29, 0.717) is 17.3 Å². The minimum Gasteiger partial charge on any atom is -0.351 e. The van der Waals surface area contributed by atoms with Crippen molar-refractivity contribution in [3.63, 3.8) is 0 Å². The number of fused-ring (bicyclic) bond motifs is 3. The van der Waals surface area contributed by atoms with Crippen LogP contribution in [0.2, 0.25) is 0 Å². The number of amides is 1. The first-order chi connectivity index (χ1) is 15.2. The average molecular weight is 429 g/mol. The number of aryl methyl sites for hydroxylation is 1. The van der Waals surface area contributed by atoms with Crippen LogP contribution in [0.4, 0.5) is 0 Å². The Morgan fingerprint density at radius 2 is 1.84 bits per heavy atom. The molecule has 154 valence electrons. The van der Waals surface area contributed by atoms with Crippen LogP contribution in [-0.2, 0) is 11.3 Å². The highest BCUT2D eigenvalue weighted by molar-refractivity contribution is 7.99. The Morgan fingerprint density at radius 3 is 2.65 bits per heavy atom. The van der Waals surface area contributed by atoms with Crippen molar-refractivity contribution in [1.82, 2.24) is 29.5 Å². The zero-order valence-corrected chi connectivity index (χ0v) is 17.7. The molecule has 3 heterocycles. The molecule has 3 aromatic heterocycles. The molecule has 0 saturated carbocycles. The maximum absolute atomic E-state index is 12.3. The van der Waals surface area contributed by atoms with Gasteiger partial charge in [0.2, 0.25) is 5.91 Å². The fourth-order valence-corrected chi connectivity index (χ4v) is 4.07. The number of hydrogen-bond acceptors (Lipinski definition) is 5. The molecule has 8 heteroatoms. The first-order valence-corrected chi connectivity index (χ1v) is 10.9. The lowest BCUT2D eigenvalue weighted by molar-refractivity contribution is -0.118. The predicted octanol–water partition coefficient (Wildman–Crippen LogP) is 3.76. The van der Waals surface area contributed by atoms with Gasteiger partial charge in [-0.3, -0.25) is 9.20 Å². The van der Waals surface area contributed by atoms with Crippen molar-refractivity contribution < 1.29 is 4.79 Å². The van der Waals surface area contributed by atoms with Gasteiger partial charge in [0.05, 0.1) is 11.4 Å². The zero-order chi connectivity index (χ0) is 21.2. The van der Waals surface area contributed by atoms with E-state index in [0.717, 1.165) is 22.3 Å². The molecule has 31 heavy (non-hydrogen) atoms. The zero-order valence-electron chi connectivity index (χ0n) is 16.9. The summed E-state index contributed by atoms with van der Waals surface area (Å²) in [6, 6.07) is 20.1. The molecule has 1 amide bonds. The molecule has 0 aliphatic heterocycles. The van der Waals surface area contributed by atoms with Crippen molar-refractivity contribution in [2.45, 2.75) is 18.6 Å². The van der Waals surface area contributed by atoms with Crippen LogP contribution in [0.3, 0.4) is 0 Å². The highest BCUT2D eigenvalue weighted by Crippen LogP contribution is 2.24. The second-order valence-electron chi connectivity index (χ2n) is 7.25. The van der Waals surface area contributed by atoms with Crippen LogP contribution in [0.5, 0.6) is 0 Å². The van der Waals surface area contributed by atoms with E-state index in [-0.39, 0.29) is 11.7 Å². The molecule has 0 saturated heterocycles. The van der Waals surface area contributed by atoms with Crippen molar-refractivity contribution in [3.05, 3.63) is 84.2 Å². The second-order valence-corrected chi connectivity index (χ2v) is 8.19. The molecule has 0 aliphatic rings. The van der Waals surface area contributed by atoms with Gasteiger partial charge in [0.1, 0.15) is 5.52 Å². The summed E-state index contributed by atoms with van der Waals surface area (Å²) in [5.74, 6) is 0.228. The van der Waals surface area contributed by atoms with Crippen LogP contribution >= 0.6 is 11.8 Å². The number of carbonyl (C=O) groups is 1. The lowest BCUT2D eigenvalue weighted by atomic mass is 10.1. The van der Waals surface area contributed by atoms with E-state index in [4.69, 9.17) is 0 Å². The lowest BCUT2D eigenvalue weighted by Gasteiger charge is -2.05. The molecule has 7 nitrogen and oxygen atoms in total. The van der Waals surface area contributed by atoms with E-state index in [1.165, 1.54) is 17.3 Å². The summed E-state index contributed by atoms with van der Waals surface area (Å²) in [6.45, 7) is 2.56. The molecule has 0 aliphatic carbocycles. The maximum atomic E-state index is 12.3. The third kappa shape index (κ3) is 4.02. The highest BCUT2D eigenvalue weighted by Gasteiger charge is 2.14. The van der Waals surface area contributed by atoms with Crippen molar-refractivity contribution in [3.8, 4) is 11.3 Å². The van der Waals surface area contributed by atoms with Crippen molar-refractivity contribution >= 4 is 28.8 Å². The summed E-state index contributed by atoms with van der Waals surface area (Å²) in [4.78, 5) is 12.3. The van der Waals surface area contributed by atoms with Crippen LogP contribution in [0.25, 0.3) is 22.4 Å². The molecule has 0 atom stereocenters. The second kappa shape index (κ2) is 8.23. The van der Waals surface area contributed by atoms with Crippen LogP contribution in [0, 0.1) is 6.92 Å². The topological polar surface area (TPSA) is 76.6 Å². The average Bonchev–Trinajstić information content (AvgIpc) is 3.42. The summed E-state index contributed by atoms with van der Waals surface area (Å²) >= 11 is 1.36. The van der Waals surface area contributed by atoms with E-state index in [9.17, 15) is 4.79 Å². The molecule has 0 spiro atoms. The van der Waals surface area contributed by atoms with Gasteiger partial charge in [-0.2, -0.15) is 5.10 Å². The lowest BCUT2D eigenvalue weighted by Crippen LogP contribution is -2.24. The van der Waals surface area contributed by atoms with Gasteiger partial charge >= 0.3 is 0 Å². The fraction of sp³-hybridized carbons (Fsp3) is 0.130. The Bertz CT molecular complexity index is 1360. The molecule has 2 aromatic carbocycles. The Kier molecular flexibility index (Phi) is 5.13. The molecule has 0 fully saturated rings. The number of aromatic nitrogens is 5. The monoisotopic (exact) mass is 428 g/mol. The van der Waals surface area contributed by atoms with E-state index in [1.54, 1.807) is 4.52 Å². The Hall–Kier alpha value is -3.65. The Labute approximate surface area is 183 Å². The number of hydrogen-bond donors (Lipinski definition) is 1. The van der Waals surface area contributed by atoms with Gasteiger partial charge in [-0.25, -0.2) is 4.52 Å². The maximum Gasteiger partial charge on any atom is 0.230 e. The van der Waals surface area contributed by atoms with Gasteiger partial charge in [-0.1, -0.05) is 71.9 Å². The molecule has 1 N–H and O–H groups in total. The van der Waals surface area contributed by atoms with Crippen LogP contribution < -0.4 is 5.32 Å². The van der Waals surface area contributed by atoms with Gasteiger partial charge in [0, 0.05) is 24.5 Å². The molecule has 5 aromatic rings. The van der Waals surface area contributed by atoms with Crippen molar-refractivity contribution in [2.24, 2.45) is 0 Å². The van der Waals surface area contributed by atoms with Crippen LogP contribution in [0.15, 0.2) is 78.2 Å². The van der Waals surface area contributed by atoms with E-state index in [2.05, 4.69) is 20.6 Å². The fourth-order valence-electron chi connectivity index (χ4n) is 3.33. The van der Waals surface area contributed by atoms with Crippen molar-refractivity contribution in [2.75, 3.05) is 5.75 Å². The largest absolute Gasteiger partial charge is 0.351 e. The summed E-state index contributed by atoms with van der Waals surface area (Å²) < 4.78 is 3.69. The highest BCUT2D eigenvalue weighted by atomic mass is 32.2. The number of nitrogens with zero attached hydrogens (tertiary/aromatic N) is 5. The summed E-state index contributed by atoms with van der Waals surface area (Å²) in [7, 11) is 0. The quantitative estimate of drug-likeness (QED) is 0.417. The first kappa shape index (κ1) is 19.3. The van der Waals surface area contributed by atoms with Gasteiger partial charge in [-0.15, -0.1) is 10.2 Å². The summed E-state index contributed by atoms with van der Waals surface area (Å²) in [6.07, 6.45) is 3.75. The molecule has 0 bridgehead atoms. The summed E-state index contributed by atoms with van der Waals surface area (Å²) in [5, 5.41) is 16.9. The Morgan fingerprint density at radius 1 is 1.03 bits per heavy atom. The van der Waals surface area contributed by atoms with Crippen LogP contribution in [-0.4, -0.2) is 35.9 Å². The van der Waals surface area contributed by atoms with Gasteiger partial charge < -0.3 is 5.32 Å². The number of nitrogens with one attached hydrogen (secondary N) is 1. The van der Waals surface area contributed by atoms with Crippen LogP contribution in [0.1, 0.15) is 11.1 Å². The first-order valence-electron chi connectivity index (χ1n) is 9.91. The SMILES string of the molecule is Cc1ccc(CNC(=O)CSc2nnc3c4cc(-c5ccccc5)nn4ccn23)cc1. The molecule has 5 rings (SSSR count). The minimum atomic E-state index is -0.0425. The van der Waals surface area contributed by atoms with Crippen molar-refractivity contribution in [1.29, 1.82) is 0 Å². The molecule has 0 unspecified atom stereocenters. The summed E-state index contributed by atoms with van der Waals surface area (Å²) in [5.41, 5.74) is 5.77. The molecular formula is C23H20N6OS. The number of rotatable bonds is 6. The van der Waals surface area contributed by atoms with Gasteiger partial charge in [-0.05, 0) is 18.6 Å². The smallest absolute Gasteiger partial charge is 0.230 e. The minimum absolute atomic E-state index is 0.0425. The molecule has 0 radical (unpaired) electrons. The number of carbonyl (C=O) groups excluding carboxylic acids is 1. The van der Waals surface area contributed by atoms with Gasteiger partial charge in [0.15, 0.2) is 10.8 Å². The van der Waals surface area contributed by atoms with E-state index in [1.807, 2.05) is 84.4 Å². The third-order valence-electron chi connectivity index (χ3n) is 5.00. The molecular weight excluding hydrogens is 408 g/mol. The standard InChI is InChI=1S/C23H20N6OS/c1-16-7-9-17(10-8-16)14-24-21(30)15-31-23-26-25-22-20-13-19(18-5-3-2-4-6-18)27-29(20)12-11-28(22)23/h2-13H,14-15H2,1H3,(H,24,30). The van der Waals surface area contributed by atoms with E-state index >= 15 is 0 Å². The normalized spacial score (nSPS) is 11.3. The number of benzene rings is 2. The Balaban J connectivity index is 1.30. The third-order valence-corrected chi connectivity index (χ3v) is 5.94. The predicted molar refractivity (Wildman–Crippen MR) is 121 cm³/mol. The van der Waals surface area contributed by atoms with Gasteiger partial charge in [0.25, 0.3) is 0 Å². The van der Waals surface area contributed by atoms with E-state index < -0.39 is 0 Å².